The molecule has 0 amide bonds. The molecule has 33 heavy (non-hydrogen) atoms. The molecule has 2 aromatic rings. The average molecular weight is 459 g/mol. The van der Waals surface area contributed by atoms with Crippen molar-refractivity contribution in [2.75, 3.05) is 59.2 Å². The minimum absolute atomic E-state index is 0.0782. The van der Waals surface area contributed by atoms with E-state index in [2.05, 4.69) is 21.9 Å². The summed E-state index contributed by atoms with van der Waals surface area (Å²) in [4.78, 5) is 4.65. The molecule has 4 rings (SSSR count). The zero-order valence-corrected chi connectivity index (χ0v) is 19.3. The Balaban J connectivity index is 1.28. The molecule has 180 valence electrons. The lowest BCUT2D eigenvalue weighted by molar-refractivity contribution is -0.0646. The van der Waals surface area contributed by atoms with E-state index in [1.165, 1.54) is 44.5 Å². The summed E-state index contributed by atoms with van der Waals surface area (Å²) in [6.45, 7) is 6.67. The number of hydrogen-bond donors (Lipinski definition) is 1. The fourth-order valence-corrected chi connectivity index (χ4v) is 4.43. The van der Waals surface area contributed by atoms with Crippen molar-refractivity contribution >= 4 is 0 Å². The Morgan fingerprint density at radius 3 is 2.58 bits per heavy atom. The first kappa shape index (κ1) is 24.0. The Morgan fingerprint density at radius 1 is 0.939 bits per heavy atom. The topological polar surface area (TPSA) is 54.4 Å². The number of aliphatic hydroxyl groups is 1. The van der Waals surface area contributed by atoms with Gasteiger partial charge in [0.05, 0.1) is 13.2 Å². The molecule has 1 unspecified atom stereocenters. The van der Waals surface area contributed by atoms with Crippen LogP contribution in [0.5, 0.6) is 11.5 Å². The van der Waals surface area contributed by atoms with Crippen LogP contribution in [-0.4, -0.2) is 79.7 Å². The normalized spacial score (nSPS) is 22.6. The number of likely N-dealkylation sites (tertiary alicyclic amines) is 1. The molecule has 0 bridgehead atoms. The number of rotatable bonds is 9. The predicted molar refractivity (Wildman–Crippen MR) is 125 cm³/mol. The van der Waals surface area contributed by atoms with Crippen molar-refractivity contribution in [3.8, 4) is 11.5 Å². The minimum atomic E-state index is -1.15. The quantitative estimate of drug-likeness (QED) is 0.622. The molecule has 6 nitrogen and oxygen atoms in total. The van der Waals surface area contributed by atoms with Crippen LogP contribution in [0.3, 0.4) is 0 Å². The Morgan fingerprint density at radius 2 is 1.76 bits per heavy atom. The summed E-state index contributed by atoms with van der Waals surface area (Å²) < 4.78 is 30.5. The number of benzene rings is 2. The van der Waals surface area contributed by atoms with E-state index in [1.54, 1.807) is 12.1 Å². The van der Waals surface area contributed by atoms with Gasteiger partial charge in [-0.3, -0.25) is 9.80 Å². The monoisotopic (exact) mass is 458 g/mol. The maximum Gasteiger partial charge on any atom is 0.134 e. The first-order valence-corrected chi connectivity index (χ1v) is 11.9. The van der Waals surface area contributed by atoms with Crippen molar-refractivity contribution in [2.24, 2.45) is 0 Å². The smallest absolute Gasteiger partial charge is 0.134 e. The molecule has 7 heteroatoms. The van der Waals surface area contributed by atoms with E-state index < -0.39 is 5.60 Å². The van der Waals surface area contributed by atoms with E-state index in [4.69, 9.17) is 14.2 Å². The second-order valence-electron chi connectivity index (χ2n) is 9.13. The van der Waals surface area contributed by atoms with E-state index in [0.29, 0.717) is 32.1 Å². The molecule has 2 aromatic carbocycles. The van der Waals surface area contributed by atoms with Crippen LogP contribution in [0.4, 0.5) is 4.39 Å². The molecule has 0 aliphatic carbocycles. The standard InChI is InChI=1S/C26H35FN2O4/c27-23-7-9-24(10-8-23)33-21-26(30)19-29(13-15-31-20-26)18-22-5-4-6-25(17-22)32-16-14-28-11-2-1-3-12-28/h4-10,17,30H,1-3,11-16,18-21H2. The largest absolute Gasteiger partial charge is 0.492 e. The summed E-state index contributed by atoms with van der Waals surface area (Å²) in [5.41, 5.74) is -0.0119. The molecule has 2 fully saturated rings. The van der Waals surface area contributed by atoms with Gasteiger partial charge < -0.3 is 19.3 Å². The SMILES string of the molecule is OC1(COc2ccc(F)cc2)COCCN(Cc2cccc(OCCN3CCCCC3)c2)C1. The van der Waals surface area contributed by atoms with E-state index in [1.807, 2.05) is 12.1 Å². The lowest BCUT2D eigenvalue weighted by atomic mass is 10.1. The van der Waals surface area contributed by atoms with E-state index in [0.717, 1.165) is 24.4 Å². The highest BCUT2D eigenvalue weighted by molar-refractivity contribution is 5.28. The number of piperidine rings is 1. The van der Waals surface area contributed by atoms with E-state index in [-0.39, 0.29) is 19.0 Å². The third kappa shape index (κ3) is 7.67. The van der Waals surface area contributed by atoms with Crippen LogP contribution >= 0.6 is 0 Å². The first-order valence-electron chi connectivity index (χ1n) is 11.9. The number of nitrogens with zero attached hydrogens (tertiary/aromatic N) is 2. The Hall–Kier alpha value is -2.19. The van der Waals surface area contributed by atoms with Gasteiger partial charge in [0.25, 0.3) is 0 Å². The summed E-state index contributed by atoms with van der Waals surface area (Å²) in [5, 5.41) is 11.1. The number of β-amino-alcohol motifs (C(OH)–C–C–N with tert-alkyl or cyclic N) is 1. The van der Waals surface area contributed by atoms with Gasteiger partial charge in [-0.15, -0.1) is 0 Å². The lowest BCUT2D eigenvalue weighted by Crippen LogP contribution is -2.48. The molecule has 0 saturated carbocycles. The molecule has 0 aromatic heterocycles. The lowest BCUT2D eigenvalue weighted by Gasteiger charge is -2.30. The highest BCUT2D eigenvalue weighted by atomic mass is 19.1. The van der Waals surface area contributed by atoms with Gasteiger partial charge >= 0.3 is 0 Å². The summed E-state index contributed by atoms with van der Waals surface area (Å²) in [6.07, 6.45) is 3.92. The van der Waals surface area contributed by atoms with Gasteiger partial charge in [-0.2, -0.15) is 0 Å². The van der Waals surface area contributed by atoms with Crippen LogP contribution in [0.2, 0.25) is 0 Å². The molecular formula is C26H35FN2O4. The zero-order chi connectivity index (χ0) is 22.9. The molecule has 2 saturated heterocycles. The van der Waals surface area contributed by atoms with Crippen LogP contribution in [0, 0.1) is 5.82 Å². The fourth-order valence-electron chi connectivity index (χ4n) is 4.43. The Labute approximate surface area is 195 Å². The van der Waals surface area contributed by atoms with Gasteiger partial charge in [0.15, 0.2) is 0 Å². The molecule has 1 atom stereocenters. The highest BCUT2D eigenvalue weighted by Gasteiger charge is 2.33. The van der Waals surface area contributed by atoms with Crippen LogP contribution in [0.1, 0.15) is 24.8 Å². The van der Waals surface area contributed by atoms with Crippen molar-refractivity contribution in [3.05, 3.63) is 59.9 Å². The summed E-state index contributed by atoms with van der Waals surface area (Å²) in [7, 11) is 0. The second-order valence-corrected chi connectivity index (χ2v) is 9.13. The third-order valence-corrected chi connectivity index (χ3v) is 6.19. The zero-order valence-electron chi connectivity index (χ0n) is 19.3. The number of halogens is 1. The van der Waals surface area contributed by atoms with E-state index >= 15 is 0 Å². The molecular weight excluding hydrogens is 423 g/mol. The highest BCUT2D eigenvalue weighted by Crippen LogP contribution is 2.20. The summed E-state index contributed by atoms with van der Waals surface area (Å²) >= 11 is 0. The predicted octanol–water partition coefficient (Wildman–Crippen LogP) is 3.33. The maximum absolute atomic E-state index is 13.1. The summed E-state index contributed by atoms with van der Waals surface area (Å²) in [5.74, 6) is 1.09. The van der Waals surface area contributed by atoms with Gasteiger partial charge in [0, 0.05) is 26.2 Å². The maximum atomic E-state index is 13.1. The van der Waals surface area contributed by atoms with E-state index in [9.17, 15) is 9.50 Å². The van der Waals surface area contributed by atoms with Crippen molar-refractivity contribution in [1.29, 1.82) is 0 Å². The van der Waals surface area contributed by atoms with Crippen LogP contribution in [0.15, 0.2) is 48.5 Å². The average Bonchev–Trinajstić information content (AvgIpc) is 3.01. The molecule has 0 radical (unpaired) electrons. The fraction of sp³-hybridized carbons (Fsp3) is 0.538. The Bertz CT molecular complexity index is 860. The van der Waals surface area contributed by atoms with Crippen LogP contribution in [-0.2, 0) is 11.3 Å². The van der Waals surface area contributed by atoms with Gasteiger partial charge in [0.1, 0.15) is 36.1 Å². The first-order chi connectivity index (χ1) is 16.1. The molecule has 0 spiro atoms. The van der Waals surface area contributed by atoms with Crippen molar-refractivity contribution in [3.63, 3.8) is 0 Å². The second kappa shape index (κ2) is 11.8. The molecule has 1 N–H and O–H groups in total. The molecule has 2 aliphatic rings. The van der Waals surface area contributed by atoms with Crippen molar-refractivity contribution in [1.82, 2.24) is 9.80 Å². The minimum Gasteiger partial charge on any atom is -0.492 e. The third-order valence-electron chi connectivity index (χ3n) is 6.19. The van der Waals surface area contributed by atoms with Gasteiger partial charge in [-0.25, -0.2) is 4.39 Å². The Kier molecular flexibility index (Phi) is 8.56. The number of ether oxygens (including phenoxy) is 3. The van der Waals surface area contributed by atoms with Crippen LogP contribution < -0.4 is 9.47 Å². The van der Waals surface area contributed by atoms with Gasteiger partial charge in [0.2, 0.25) is 0 Å². The molecule has 2 heterocycles. The summed E-state index contributed by atoms with van der Waals surface area (Å²) in [6, 6.07) is 14.0. The van der Waals surface area contributed by atoms with Gasteiger partial charge in [-0.1, -0.05) is 18.6 Å². The van der Waals surface area contributed by atoms with Crippen LogP contribution in [0.25, 0.3) is 0 Å². The van der Waals surface area contributed by atoms with Crippen molar-refractivity contribution in [2.45, 2.75) is 31.4 Å². The van der Waals surface area contributed by atoms with Crippen molar-refractivity contribution < 1.29 is 23.7 Å². The molecule has 2 aliphatic heterocycles. The van der Waals surface area contributed by atoms with Gasteiger partial charge in [-0.05, 0) is 67.9 Å². The number of hydrogen-bond acceptors (Lipinski definition) is 6.